The van der Waals surface area contributed by atoms with Crippen LogP contribution < -0.4 is 5.73 Å². The first-order chi connectivity index (χ1) is 8.01. The second-order valence-electron chi connectivity index (χ2n) is 5.13. The molecule has 2 rings (SSSR count). The first-order valence-corrected chi connectivity index (χ1v) is 6.09. The van der Waals surface area contributed by atoms with Crippen LogP contribution in [0, 0.1) is 0 Å². The van der Waals surface area contributed by atoms with E-state index in [2.05, 4.69) is 21.5 Å². The summed E-state index contributed by atoms with van der Waals surface area (Å²) >= 11 is 0. The zero-order valence-electron chi connectivity index (χ0n) is 10.8. The average molecular weight is 232 g/mol. The van der Waals surface area contributed by atoms with Crippen molar-refractivity contribution in [3.63, 3.8) is 0 Å². The van der Waals surface area contributed by atoms with Crippen LogP contribution in [0.25, 0.3) is 11.0 Å². The Hall–Kier alpha value is -1.42. The predicted molar refractivity (Wildman–Crippen MR) is 69.8 cm³/mol. The molecule has 4 heteroatoms. The maximum absolute atomic E-state index is 6.02. The van der Waals surface area contributed by atoms with Gasteiger partial charge in [-0.15, -0.1) is 0 Å². The van der Waals surface area contributed by atoms with E-state index in [-0.39, 0.29) is 5.54 Å². The number of aryl methyl sites for hydroxylation is 2. The predicted octanol–water partition coefficient (Wildman–Crippen LogP) is 2.12. The Labute approximate surface area is 102 Å². The van der Waals surface area contributed by atoms with Crippen molar-refractivity contribution in [2.75, 3.05) is 0 Å². The second kappa shape index (κ2) is 4.45. The van der Waals surface area contributed by atoms with Gasteiger partial charge in [0.15, 0.2) is 0 Å². The molecule has 0 fully saturated rings. The lowest BCUT2D eigenvalue weighted by molar-refractivity contribution is 0.466. The van der Waals surface area contributed by atoms with E-state index in [0.717, 1.165) is 36.2 Å². The van der Waals surface area contributed by atoms with Gasteiger partial charge in [-0.05, 0) is 33.3 Å². The maximum Gasteiger partial charge on any atom is 0.109 e. The monoisotopic (exact) mass is 232 g/mol. The van der Waals surface area contributed by atoms with Crippen molar-refractivity contribution in [3.8, 4) is 0 Å². The van der Waals surface area contributed by atoms with Crippen LogP contribution >= 0.6 is 0 Å². The Morgan fingerprint density at radius 1 is 1.41 bits per heavy atom. The number of hydrogen-bond donors (Lipinski definition) is 1. The van der Waals surface area contributed by atoms with Crippen molar-refractivity contribution in [3.05, 3.63) is 24.3 Å². The van der Waals surface area contributed by atoms with Gasteiger partial charge in [0, 0.05) is 24.7 Å². The van der Waals surface area contributed by atoms with E-state index in [9.17, 15) is 0 Å². The van der Waals surface area contributed by atoms with Crippen LogP contribution in [-0.4, -0.2) is 20.1 Å². The molecule has 0 aliphatic carbocycles. The standard InChI is InChI=1S/C13H20N4/c1-4-17-11-6-8-15-9-10(11)16-12(17)5-7-13(2,3)14/h6,8-9H,4-5,7,14H2,1-3H3. The Morgan fingerprint density at radius 3 is 2.82 bits per heavy atom. The largest absolute Gasteiger partial charge is 0.328 e. The molecule has 0 unspecified atom stereocenters. The van der Waals surface area contributed by atoms with Gasteiger partial charge in [0.25, 0.3) is 0 Å². The summed E-state index contributed by atoms with van der Waals surface area (Å²) in [5.74, 6) is 1.11. The topological polar surface area (TPSA) is 56.7 Å². The van der Waals surface area contributed by atoms with Gasteiger partial charge in [-0.25, -0.2) is 4.98 Å². The zero-order chi connectivity index (χ0) is 12.5. The molecular formula is C13H20N4. The average Bonchev–Trinajstić information content (AvgIpc) is 2.63. The summed E-state index contributed by atoms with van der Waals surface area (Å²) in [5.41, 5.74) is 8.01. The van der Waals surface area contributed by atoms with Crippen LogP contribution in [0.5, 0.6) is 0 Å². The van der Waals surface area contributed by atoms with Gasteiger partial charge in [-0.1, -0.05) is 0 Å². The van der Waals surface area contributed by atoms with Gasteiger partial charge in [0.05, 0.1) is 11.7 Å². The molecule has 0 saturated heterocycles. The van der Waals surface area contributed by atoms with Gasteiger partial charge in [-0.2, -0.15) is 0 Å². The number of nitrogens with zero attached hydrogens (tertiary/aromatic N) is 3. The Kier molecular flexibility index (Phi) is 3.15. The molecule has 0 aliphatic rings. The first kappa shape index (κ1) is 12.0. The van der Waals surface area contributed by atoms with Crippen molar-refractivity contribution in [2.45, 2.75) is 45.7 Å². The molecule has 0 aromatic carbocycles. The summed E-state index contributed by atoms with van der Waals surface area (Å²) in [6.45, 7) is 7.17. The van der Waals surface area contributed by atoms with E-state index in [1.807, 2.05) is 32.3 Å². The maximum atomic E-state index is 6.02. The van der Waals surface area contributed by atoms with Crippen molar-refractivity contribution in [2.24, 2.45) is 5.73 Å². The third kappa shape index (κ3) is 2.64. The Morgan fingerprint density at radius 2 is 2.18 bits per heavy atom. The molecule has 0 aliphatic heterocycles. The highest BCUT2D eigenvalue weighted by Crippen LogP contribution is 2.17. The molecule has 4 nitrogen and oxygen atoms in total. The van der Waals surface area contributed by atoms with Gasteiger partial charge in [-0.3, -0.25) is 4.98 Å². The van der Waals surface area contributed by atoms with Gasteiger partial charge >= 0.3 is 0 Å². The summed E-state index contributed by atoms with van der Waals surface area (Å²) in [6, 6.07) is 2.02. The molecule has 2 aromatic heterocycles. The van der Waals surface area contributed by atoms with Gasteiger partial charge in [0.1, 0.15) is 11.3 Å². The van der Waals surface area contributed by atoms with Crippen molar-refractivity contribution < 1.29 is 0 Å². The molecule has 0 bridgehead atoms. The summed E-state index contributed by atoms with van der Waals surface area (Å²) in [7, 11) is 0. The number of aromatic nitrogens is 3. The van der Waals surface area contributed by atoms with E-state index < -0.39 is 0 Å². The van der Waals surface area contributed by atoms with Crippen LogP contribution in [0.2, 0.25) is 0 Å². The molecule has 2 aromatic rings. The van der Waals surface area contributed by atoms with Crippen LogP contribution in [0.3, 0.4) is 0 Å². The lowest BCUT2D eigenvalue weighted by Gasteiger charge is -2.18. The molecule has 0 radical (unpaired) electrons. The Bertz CT molecular complexity index is 508. The lowest BCUT2D eigenvalue weighted by Crippen LogP contribution is -2.32. The molecule has 0 amide bonds. The highest BCUT2D eigenvalue weighted by atomic mass is 15.1. The highest BCUT2D eigenvalue weighted by molar-refractivity contribution is 5.74. The number of fused-ring (bicyclic) bond motifs is 1. The molecule has 92 valence electrons. The molecule has 0 spiro atoms. The number of nitrogens with two attached hydrogens (primary N) is 1. The third-order valence-corrected chi connectivity index (χ3v) is 2.94. The number of hydrogen-bond acceptors (Lipinski definition) is 3. The minimum atomic E-state index is -0.144. The third-order valence-electron chi connectivity index (χ3n) is 2.94. The summed E-state index contributed by atoms with van der Waals surface area (Å²) < 4.78 is 2.24. The first-order valence-electron chi connectivity index (χ1n) is 6.09. The minimum absolute atomic E-state index is 0.144. The van der Waals surface area contributed by atoms with Crippen molar-refractivity contribution in [1.82, 2.24) is 14.5 Å². The number of rotatable bonds is 4. The molecule has 17 heavy (non-hydrogen) atoms. The van der Waals surface area contributed by atoms with Crippen LogP contribution in [0.1, 0.15) is 33.0 Å². The van der Waals surface area contributed by atoms with E-state index in [0.29, 0.717) is 0 Å². The lowest BCUT2D eigenvalue weighted by atomic mass is 10.00. The molecule has 2 N–H and O–H groups in total. The zero-order valence-corrected chi connectivity index (χ0v) is 10.8. The fourth-order valence-corrected chi connectivity index (χ4v) is 2.01. The number of imidazole rings is 1. The van der Waals surface area contributed by atoms with Crippen molar-refractivity contribution in [1.29, 1.82) is 0 Å². The highest BCUT2D eigenvalue weighted by Gasteiger charge is 2.14. The number of pyridine rings is 1. The van der Waals surface area contributed by atoms with E-state index >= 15 is 0 Å². The van der Waals surface area contributed by atoms with Crippen molar-refractivity contribution >= 4 is 11.0 Å². The van der Waals surface area contributed by atoms with E-state index in [4.69, 9.17) is 5.73 Å². The Balaban J connectivity index is 2.33. The molecule has 0 saturated carbocycles. The van der Waals surface area contributed by atoms with Gasteiger partial charge in [0.2, 0.25) is 0 Å². The molecule has 0 atom stereocenters. The van der Waals surface area contributed by atoms with Crippen LogP contribution in [0.4, 0.5) is 0 Å². The second-order valence-corrected chi connectivity index (χ2v) is 5.13. The smallest absolute Gasteiger partial charge is 0.109 e. The fraction of sp³-hybridized carbons (Fsp3) is 0.538. The van der Waals surface area contributed by atoms with E-state index in [1.165, 1.54) is 0 Å². The SMILES string of the molecule is CCn1c(CCC(C)(C)N)nc2cnccc21. The minimum Gasteiger partial charge on any atom is -0.328 e. The quantitative estimate of drug-likeness (QED) is 0.878. The molecule has 2 heterocycles. The molecular weight excluding hydrogens is 212 g/mol. The summed E-state index contributed by atoms with van der Waals surface area (Å²) in [4.78, 5) is 8.74. The van der Waals surface area contributed by atoms with Gasteiger partial charge < -0.3 is 10.3 Å². The van der Waals surface area contributed by atoms with E-state index in [1.54, 1.807) is 0 Å². The summed E-state index contributed by atoms with van der Waals surface area (Å²) in [5, 5.41) is 0. The summed E-state index contributed by atoms with van der Waals surface area (Å²) in [6.07, 6.45) is 5.47. The fourth-order valence-electron chi connectivity index (χ4n) is 2.01. The normalized spacial score (nSPS) is 12.2. The van der Waals surface area contributed by atoms with Crippen LogP contribution in [0.15, 0.2) is 18.5 Å². The van der Waals surface area contributed by atoms with Crippen LogP contribution in [-0.2, 0) is 13.0 Å².